The number of nitrogens with zero attached hydrogens (tertiary/aromatic N) is 1. The van der Waals surface area contributed by atoms with E-state index >= 15 is 0 Å². The van der Waals surface area contributed by atoms with E-state index in [0.29, 0.717) is 6.54 Å². The van der Waals surface area contributed by atoms with Gasteiger partial charge in [-0.3, -0.25) is 0 Å². The Morgan fingerprint density at radius 1 is 1.07 bits per heavy atom. The minimum Gasteiger partial charge on any atom is -0.491 e. The first kappa shape index (κ1) is 19.3. The Morgan fingerprint density at radius 2 is 1.81 bits per heavy atom. The third-order valence-corrected chi connectivity index (χ3v) is 4.90. The van der Waals surface area contributed by atoms with E-state index in [2.05, 4.69) is 41.1 Å². The molecule has 0 radical (unpaired) electrons. The predicted molar refractivity (Wildman–Crippen MR) is 113 cm³/mol. The number of allylic oxidation sites excluding steroid dienone is 1. The number of benzene rings is 2. The van der Waals surface area contributed by atoms with Crippen LogP contribution in [0.3, 0.4) is 0 Å². The fourth-order valence-electron chi connectivity index (χ4n) is 3.39. The van der Waals surface area contributed by atoms with Crippen molar-refractivity contribution in [3.05, 3.63) is 66.7 Å². The van der Waals surface area contributed by atoms with E-state index in [9.17, 15) is 5.11 Å². The molecule has 1 fully saturated rings. The van der Waals surface area contributed by atoms with Crippen LogP contribution in [0.25, 0.3) is 0 Å². The number of anilines is 2. The molecule has 4 nitrogen and oxygen atoms in total. The first-order valence-electron chi connectivity index (χ1n) is 9.85. The van der Waals surface area contributed by atoms with Gasteiger partial charge in [0.25, 0.3) is 0 Å². The van der Waals surface area contributed by atoms with Crippen LogP contribution in [0, 0.1) is 0 Å². The molecule has 2 aromatic rings. The van der Waals surface area contributed by atoms with Gasteiger partial charge in [-0.25, -0.2) is 0 Å². The van der Waals surface area contributed by atoms with Gasteiger partial charge in [-0.2, -0.15) is 0 Å². The average molecular weight is 367 g/mol. The number of hydrogen-bond donors (Lipinski definition) is 2. The number of aliphatic hydroxyl groups is 1. The maximum atomic E-state index is 10.2. The maximum absolute atomic E-state index is 10.2. The zero-order valence-corrected chi connectivity index (χ0v) is 15.9. The Labute approximate surface area is 162 Å². The Kier molecular flexibility index (Phi) is 7.17. The largest absolute Gasteiger partial charge is 0.491 e. The summed E-state index contributed by atoms with van der Waals surface area (Å²) < 4.78 is 5.79. The van der Waals surface area contributed by atoms with Crippen LogP contribution in [0.1, 0.15) is 24.8 Å². The zero-order valence-electron chi connectivity index (χ0n) is 15.9. The molecule has 0 aliphatic carbocycles. The second kappa shape index (κ2) is 10.0. The third kappa shape index (κ3) is 5.76. The average Bonchev–Trinajstić information content (AvgIpc) is 2.73. The highest BCUT2D eigenvalue weighted by molar-refractivity contribution is 5.55. The summed E-state index contributed by atoms with van der Waals surface area (Å²) in [5, 5.41) is 13.5. The molecular weight excluding hydrogens is 336 g/mol. The third-order valence-electron chi connectivity index (χ3n) is 4.90. The van der Waals surface area contributed by atoms with E-state index in [1.54, 1.807) is 0 Å². The van der Waals surface area contributed by atoms with E-state index in [0.717, 1.165) is 36.5 Å². The number of para-hydroxylation sites is 1. The van der Waals surface area contributed by atoms with E-state index in [1.807, 2.05) is 30.3 Å². The molecule has 1 aliphatic rings. The molecule has 1 atom stereocenters. The minimum absolute atomic E-state index is 0.257. The molecule has 0 saturated carbocycles. The molecule has 0 aromatic heterocycles. The Bertz CT molecular complexity index is 709. The molecule has 2 N–H and O–H groups in total. The summed E-state index contributed by atoms with van der Waals surface area (Å²) in [6.45, 7) is 6.78. The molecule has 1 saturated heterocycles. The first-order valence-corrected chi connectivity index (χ1v) is 9.85. The van der Waals surface area contributed by atoms with Gasteiger partial charge in [-0.05, 0) is 61.6 Å². The van der Waals surface area contributed by atoms with Crippen LogP contribution >= 0.6 is 0 Å². The van der Waals surface area contributed by atoms with Crippen LogP contribution in [0.15, 0.2) is 61.2 Å². The van der Waals surface area contributed by atoms with Crippen molar-refractivity contribution >= 4 is 11.4 Å². The SMILES string of the molecule is C=CCc1ccccc1OCC(O)CNc1ccc(N2CCCCC2)cc1. The summed E-state index contributed by atoms with van der Waals surface area (Å²) in [6.07, 6.45) is 5.93. The lowest BCUT2D eigenvalue weighted by Crippen LogP contribution is -2.29. The van der Waals surface area contributed by atoms with Crippen LogP contribution in [-0.4, -0.2) is 37.5 Å². The van der Waals surface area contributed by atoms with Gasteiger partial charge < -0.3 is 20.1 Å². The van der Waals surface area contributed by atoms with Gasteiger partial charge in [0.05, 0.1) is 0 Å². The fraction of sp³-hybridized carbons (Fsp3) is 0.391. The van der Waals surface area contributed by atoms with Crippen molar-refractivity contribution < 1.29 is 9.84 Å². The fourth-order valence-corrected chi connectivity index (χ4v) is 3.39. The summed E-state index contributed by atoms with van der Waals surface area (Å²) in [5.41, 5.74) is 3.38. The van der Waals surface area contributed by atoms with E-state index in [1.165, 1.54) is 24.9 Å². The molecule has 27 heavy (non-hydrogen) atoms. The highest BCUT2D eigenvalue weighted by Gasteiger charge is 2.11. The van der Waals surface area contributed by atoms with Crippen molar-refractivity contribution in [3.63, 3.8) is 0 Å². The molecule has 2 aromatic carbocycles. The van der Waals surface area contributed by atoms with Gasteiger partial charge in [0.2, 0.25) is 0 Å². The van der Waals surface area contributed by atoms with Crippen LogP contribution in [0.5, 0.6) is 5.75 Å². The lowest BCUT2D eigenvalue weighted by atomic mass is 10.1. The highest BCUT2D eigenvalue weighted by Crippen LogP contribution is 2.22. The van der Waals surface area contributed by atoms with Gasteiger partial charge >= 0.3 is 0 Å². The van der Waals surface area contributed by atoms with E-state index in [4.69, 9.17) is 4.74 Å². The molecule has 0 bridgehead atoms. The van der Waals surface area contributed by atoms with Crippen molar-refractivity contribution in [1.29, 1.82) is 0 Å². The number of piperidine rings is 1. The van der Waals surface area contributed by atoms with Gasteiger partial charge in [-0.1, -0.05) is 24.3 Å². The van der Waals surface area contributed by atoms with Crippen molar-refractivity contribution in [1.82, 2.24) is 0 Å². The quantitative estimate of drug-likeness (QED) is 0.651. The van der Waals surface area contributed by atoms with Gasteiger partial charge in [-0.15, -0.1) is 6.58 Å². The van der Waals surface area contributed by atoms with Crippen LogP contribution in [-0.2, 0) is 6.42 Å². The summed E-state index contributed by atoms with van der Waals surface area (Å²) >= 11 is 0. The second-order valence-corrected chi connectivity index (χ2v) is 7.04. The Morgan fingerprint density at radius 3 is 2.56 bits per heavy atom. The number of aliphatic hydroxyl groups excluding tert-OH is 1. The molecule has 0 amide bonds. The van der Waals surface area contributed by atoms with Crippen LogP contribution < -0.4 is 15.0 Å². The monoisotopic (exact) mass is 366 g/mol. The van der Waals surface area contributed by atoms with Crippen molar-refractivity contribution in [3.8, 4) is 5.75 Å². The van der Waals surface area contributed by atoms with Crippen molar-refractivity contribution in [2.24, 2.45) is 0 Å². The van der Waals surface area contributed by atoms with Gasteiger partial charge in [0, 0.05) is 31.0 Å². The molecule has 0 spiro atoms. The minimum atomic E-state index is -0.580. The molecule has 1 unspecified atom stereocenters. The number of hydrogen-bond acceptors (Lipinski definition) is 4. The van der Waals surface area contributed by atoms with Crippen molar-refractivity contribution in [2.45, 2.75) is 31.8 Å². The van der Waals surface area contributed by atoms with E-state index < -0.39 is 6.10 Å². The molecule has 144 valence electrons. The lowest BCUT2D eigenvalue weighted by molar-refractivity contribution is 0.117. The lowest BCUT2D eigenvalue weighted by Gasteiger charge is -2.29. The standard InChI is InChI=1S/C23H30N2O2/c1-2-8-19-9-4-5-10-23(19)27-18-22(26)17-24-20-11-13-21(14-12-20)25-15-6-3-7-16-25/h2,4-5,9-14,22,24,26H,1,3,6-8,15-18H2. The zero-order chi connectivity index (χ0) is 18.9. The highest BCUT2D eigenvalue weighted by atomic mass is 16.5. The number of ether oxygens (including phenoxy) is 1. The predicted octanol–water partition coefficient (Wildman–Crippen LogP) is 4.26. The second-order valence-electron chi connectivity index (χ2n) is 7.04. The topological polar surface area (TPSA) is 44.7 Å². The Balaban J connectivity index is 1.45. The first-order chi connectivity index (χ1) is 13.3. The summed E-state index contributed by atoms with van der Waals surface area (Å²) in [5.74, 6) is 0.808. The number of rotatable bonds is 9. The molecule has 4 heteroatoms. The van der Waals surface area contributed by atoms with Crippen molar-refractivity contribution in [2.75, 3.05) is 36.5 Å². The van der Waals surface area contributed by atoms with Gasteiger partial charge in [0.1, 0.15) is 18.5 Å². The smallest absolute Gasteiger partial charge is 0.122 e. The van der Waals surface area contributed by atoms with E-state index in [-0.39, 0.29) is 6.61 Å². The Hall–Kier alpha value is -2.46. The molecule has 1 heterocycles. The summed E-state index contributed by atoms with van der Waals surface area (Å²) in [6, 6.07) is 16.3. The maximum Gasteiger partial charge on any atom is 0.122 e. The summed E-state index contributed by atoms with van der Waals surface area (Å²) in [7, 11) is 0. The normalized spacial score (nSPS) is 15.2. The van der Waals surface area contributed by atoms with Crippen LogP contribution in [0.4, 0.5) is 11.4 Å². The van der Waals surface area contributed by atoms with Crippen LogP contribution in [0.2, 0.25) is 0 Å². The molecule has 1 aliphatic heterocycles. The molecule has 3 rings (SSSR count). The van der Waals surface area contributed by atoms with Gasteiger partial charge in [0.15, 0.2) is 0 Å². The number of nitrogens with one attached hydrogen (secondary N) is 1. The summed E-state index contributed by atoms with van der Waals surface area (Å²) in [4.78, 5) is 2.44. The molecular formula is C23H30N2O2.